The minimum absolute atomic E-state index is 0.0331. The van der Waals surface area contributed by atoms with Gasteiger partial charge in [0, 0.05) is 6.07 Å². The summed E-state index contributed by atoms with van der Waals surface area (Å²) in [4.78, 5) is 24.3. The second-order valence-corrected chi connectivity index (χ2v) is 6.30. The molecule has 132 valence electrons. The Balaban J connectivity index is 1.55. The van der Waals surface area contributed by atoms with Crippen molar-refractivity contribution < 1.29 is 23.8 Å². The highest BCUT2D eigenvalue weighted by atomic mass is 16.5. The number of ketones is 1. The molecule has 1 aliphatic carbocycles. The number of hydrogen-bond donors (Lipinski definition) is 0. The predicted octanol–water partition coefficient (Wildman–Crippen LogP) is 4.02. The van der Waals surface area contributed by atoms with Crippen molar-refractivity contribution in [3.8, 4) is 17.2 Å². The van der Waals surface area contributed by atoms with Crippen LogP contribution in [0.25, 0.3) is 6.08 Å². The van der Waals surface area contributed by atoms with E-state index in [1.807, 2.05) is 13.0 Å². The molecule has 1 fully saturated rings. The maximum absolute atomic E-state index is 12.5. The third-order valence-electron chi connectivity index (χ3n) is 4.24. The number of benzene rings is 2. The van der Waals surface area contributed by atoms with E-state index < -0.39 is 0 Å². The van der Waals surface area contributed by atoms with E-state index in [0.717, 1.165) is 18.4 Å². The normalized spacial score (nSPS) is 17.0. The number of allylic oxidation sites excluding steroid dienone is 1. The third kappa shape index (κ3) is 3.33. The molecule has 5 heteroatoms. The quantitative estimate of drug-likeness (QED) is 0.463. The molecule has 0 N–H and O–H groups in total. The van der Waals surface area contributed by atoms with Crippen LogP contribution in [0.2, 0.25) is 0 Å². The molecule has 2 aromatic carbocycles. The van der Waals surface area contributed by atoms with Gasteiger partial charge in [0.1, 0.15) is 17.2 Å². The Hall–Kier alpha value is -3.08. The summed E-state index contributed by atoms with van der Waals surface area (Å²) >= 11 is 0. The molecule has 0 saturated heterocycles. The number of fused-ring (bicyclic) bond motifs is 1. The smallest absolute Gasteiger partial charge is 0.314 e. The molecule has 1 aliphatic heterocycles. The number of ether oxygens (including phenoxy) is 3. The second-order valence-electron chi connectivity index (χ2n) is 6.30. The molecule has 1 heterocycles. The van der Waals surface area contributed by atoms with E-state index in [2.05, 4.69) is 0 Å². The first-order valence-corrected chi connectivity index (χ1v) is 8.67. The maximum Gasteiger partial charge on any atom is 0.314 e. The third-order valence-corrected chi connectivity index (χ3v) is 4.24. The van der Waals surface area contributed by atoms with E-state index >= 15 is 0 Å². The molecule has 5 nitrogen and oxygen atoms in total. The highest BCUT2D eigenvalue weighted by molar-refractivity contribution is 6.14. The average Bonchev–Trinajstić information content (AvgIpc) is 3.43. The number of Topliss-reactive ketones (excluding diaryl/α,β-unsaturated/α-hetero) is 1. The van der Waals surface area contributed by atoms with Gasteiger partial charge in [-0.3, -0.25) is 9.59 Å². The minimum atomic E-state index is -0.196. The lowest BCUT2D eigenvalue weighted by Crippen LogP contribution is -2.09. The number of hydrogen-bond acceptors (Lipinski definition) is 5. The van der Waals surface area contributed by atoms with Crippen LogP contribution in [0.1, 0.15) is 35.7 Å². The molecule has 0 radical (unpaired) electrons. The molecule has 0 atom stereocenters. The molecule has 26 heavy (non-hydrogen) atoms. The fourth-order valence-corrected chi connectivity index (χ4v) is 2.76. The van der Waals surface area contributed by atoms with Gasteiger partial charge in [0.15, 0.2) is 5.76 Å². The molecule has 4 rings (SSSR count). The Morgan fingerprint density at radius 2 is 2.04 bits per heavy atom. The Bertz CT molecular complexity index is 908. The molecular formula is C21H18O5. The molecule has 0 unspecified atom stereocenters. The highest BCUT2D eigenvalue weighted by Crippen LogP contribution is 2.35. The van der Waals surface area contributed by atoms with Crippen LogP contribution in [0.3, 0.4) is 0 Å². The molecule has 2 aliphatic rings. The van der Waals surface area contributed by atoms with Crippen molar-refractivity contribution >= 4 is 17.8 Å². The summed E-state index contributed by atoms with van der Waals surface area (Å²) in [6.07, 6.45) is 3.44. The topological polar surface area (TPSA) is 61.8 Å². The molecular weight excluding hydrogens is 332 g/mol. The Morgan fingerprint density at radius 3 is 2.81 bits per heavy atom. The van der Waals surface area contributed by atoms with E-state index in [4.69, 9.17) is 14.2 Å². The molecule has 0 spiro atoms. The summed E-state index contributed by atoms with van der Waals surface area (Å²) in [6.45, 7) is 2.44. The Kier molecular flexibility index (Phi) is 4.21. The van der Waals surface area contributed by atoms with Crippen LogP contribution in [-0.2, 0) is 4.79 Å². The SMILES string of the molecule is CCOc1ccc2c(c1)O/C(=C\c1cccc(OC(=O)C3CC3)c1)C2=O. The highest BCUT2D eigenvalue weighted by Gasteiger charge is 2.31. The predicted molar refractivity (Wildman–Crippen MR) is 95.3 cm³/mol. The lowest BCUT2D eigenvalue weighted by molar-refractivity contribution is -0.135. The van der Waals surface area contributed by atoms with E-state index in [9.17, 15) is 9.59 Å². The van der Waals surface area contributed by atoms with Crippen LogP contribution in [0, 0.1) is 5.92 Å². The van der Waals surface area contributed by atoms with E-state index in [-0.39, 0.29) is 23.4 Å². The van der Waals surface area contributed by atoms with Crippen molar-refractivity contribution in [1.82, 2.24) is 0 Å². The van der Waals surface area contributed by atoms with Gasteiger partial charge < -0.3 is 14.2 Å². The number of carbonyl (C=O) groups is 2. The number of rotatable bonds is 5. The zero-order valence-electron chi connectivity index (χ0n) is 14.4. The maximum atomic E-state index is 12.5. The molecule has 0 aromatic heterocycles. The lowest BCUT2D eigenvalue weighted by atomic mass is 10.1. The van der Waals surface area contributed by atoms with Gasteiger partial charge in [0.25, 0.3) is 0 Å². The van der Waals surface area contributed by atoms with Gasteiger partial charge in [-0.2, -0.15) is 0 Å². The van der Waals surface area contributed by atoms with Crippen molar-refractivity contribution in [2.24, 2.45) is 5.92 Å². The zero-order chi connectivity index (χ0) is 18.1. The lowest BCUT2D eigenvalue weighted by Gasteiger charge is -2.05. The average molecular weight is 350 g/mol. The Labute approximate surface area is 151 Å². The van der Waals surface area contributed by atoms with Crippen molar-refractivity contribution in [2.75, 3.05) is 6.61 Å². The van der Waals surface area contributed by atoms with Crippen LogP contribution < -0.4 is 14.2 Å². The van der Waals surface area contributed by atoms with Gasteiger partial charge in [0.05, 0.1) is 18.1 Å². The summed E-state index contributed by atoms with van der Waals surface area (Å²) in [6, 6.07) is 12.2. The second kappa shape index (κ2) is 6.67. The Morgan fingerprint density at radius 1 is 1.19 bits per heavy atom. The largest absolute Gasteiger partial charge is 0.494 e. The molecule has 0 bridgehead atoms. The first kappa shape index (κ1) is 16.4. The van der Waals surface area contributed by atoms with Gasteiger partial charge in [-0.05, 0) is 55.7 Å². The van der Waals surface area contributed by atoms with E-state index in [0.29, 0.717) is 29.4 Å². The van der Waals surface area contributed by atoms with Gasteiger partial charge in [-0.25, -0.2) is 0 Å². The van der Waals surface area contributed by atoms with Crippen LogP contribution in [-0.4, -0.2) is 18.4 Å². The first-order valence-electron chi connectivity index (χ1n) is 8.67. The van der Waals surface area contributed by atoms with Gasteiger partial charge in [-0.15, -0.1) is 0 Å². The van der Waals surface area contributed by atoms with Gasteiger partial charge >= 0.3 is 5.97 Å². The monoisotopic (exact) mass is 350 g/mol. The molecule has 1 saturated carbocycles. The van der Waals surface area contributed by atoms with E-state index in [1.165, 1.54) is 0 Å². The van der Waals surface area contributed by atoms with Crippen molar-refractivity contribution in [3.63, 3.8) is 0 Å². The number of carbonyl (C=O) groups excluding carboxylic acids is 2. The zero-order valence-corrected chi connectivity index (χ0v) is 14.4. The van der Waals surface area contributed by atoms with Crippen LogP contribution in [0.15, 0.2) is 48.2 Å². The van der Waals surface area contributed by atoms with Crippen molar-refractivity contribution in [1.29, 1.82) is 0 Å². The summed E-state index contributed by atoms with van der Waals surface area (Å²) in [7, 11) is 0. The molecule has 0 amide bonds. The number of esters is 1. The summed E-state index contributed by atoms with van der Waals surface area (Å²) in [5.41, 5.74) is 1.24. The first-order chi connectivity index (χ1) is 12.6. The van der Waals surface area contributed by atoms with Gasteiger partial charge in [-0.1, -0.05) is 12.1 Å². The van der Waals surface area contributed by atoms with Crippen molar-refractivity contribution in [2.45, 2.75) is 19.8 Å². The van der Waals surface area contributed by atoms with Crippen LogP contribution >= 0.6 is 0 Å². The summed E-state index contributed by atoms with van der Waals surface area (Å²) in [5.74, 6) is 1.52. The molecule has 2 aromatic rings. The van der Waals surface area contributed by atoms with Gasteiger partial charge in [0.2, 0.25) is 5.78 Å². The van der Waals surface area contributed by atoms with Crippen LogP contribution in [0.4, 0.5) is 0 Å². The summed E-state index contributed by atoms with van der Waals surface area (Å²) < 4.78 is 16.5. The van der Waals surface area contributed by atoms with E-state index in [1.54, 1.807) is 42.5 Å². The minimum Gasteiger partial charge on any atom is -0.494 e. The standard InChI is InChI=1S/C21H18O5/c1-2-24-15-8-9-17-18(12-15)26-19(20(17)22)11-13-4-3-5-16(10-13)25-21(23)14-6-7-14/h3-5,8-12,14H,2,6-7H2,1H3/b19-11-. The van der Waals surface area contributed by atoms with Crippen molar-refractivity contribution in [3.05, 3.63) is 59.4 Å². The fraction of sp³-hybridized carbons (Fsp3) is 0.238. The fourth-order valence-electron chi connectivity index (χ4n) is 2.76. The van der Waals surface area contributed by atoms with Crippen LogP contribution in [0.5, 0.6) is 17.2 Å². The summed E-state index contributed by atoms with van der Waals surface area (Å²) in [5, 5.41) is 0.